The highest BCUT2D eigenvalue weighted by Gasteiger charge is 2.36. The van der Waals surface area contributed by atoms with Crippen LogP contribution in [0.15, 0.2) is 18.2 Å². The molecule has 0 aromatic heterocycles. The first kappa shape index (κ1) is 10.5. The summed E-state index contributed by atoms with van der Waals surface area (Å²) in [6.45, 7) is 4.19. The molecular weight excluding hydrogens is 188 g/mol. The Labute approximate surface area is 90.9 Å². The summed E-state index contributed by atoms with van der Waals surface area (Å²) in [5.74, 6) is 0.420. The highest BCUT2D eigenvalue weighted by molar-refractivity contribution is 5.38. The molecule has 82 valence electrons. The lowest BCUT2D eigenvalue weighted by molar-refractivity contribution is 0.359. The molecule has 2 atom stereocenters. The Morgan fingerprint density at radius 2 is 2.13 bits per heavy atom. The van der Waals surface area contributed by atoms with Crippen LogP contribution in [0, 0.1) is 6.92 Å². The molecule has 1 fully saturated rings. The lowest BCUT2D eigenvalue weighted by Crippen LogP contribution is -1.97. The maximum absolute atomic E-state index is 9.71. The van der Waals surface area contributed by atoms with Crippen molar-refractivity contribution in [3.8, 4) is 5.75 Å². The largest absolute Gasteiger partial charge is 0.508 e. The molecule has 1 heterocycles. The van der Waals surface area contributed by atoms with Crippen molar-refractivity contribution in [2.24, 2.45) is 0 Å². The molecule has 0 amide bonds. The number of phenols is 1. The second-order valence-corrected chi connectivity index (χ2v) is 4.23. The summed E-state index contributed by atoms with van der Waals surface area (Å²) in [6, 6.07) is 5.68. The number of phenolic OH excluding ortho intramolecular Hbond substituents is 1. The van der Waals surface area contributed by atoms with Crippen molar-refractivity contribution >= 4 is 0 Å². The Hall–Kier alpha value is -1.02. The minimum absolute atomic E-state index is 0.420. The third-order valence-electron chi connectivity index (χ3n) is 3.15. The van der Waals surface area contributed by atoms with Crippen molar-refractivity contribution in [1.29, 1.82) is 0 Å². The van der Waals surface area contributed by atoms with E-state index in [2.05, 4.69) is 6.92 Å². The molecule has 2 unspecified atom stereocenters. The maximum atomic E-state index is 9.71. The van der Waals surface area contributed by atoms with Crippen molar-refractivity contribution in [2.45, 2.75) is 45.3 Å². The highest BCUT2D eigenvalue weighted by Crippen LogP contribution is 2.31. The zero-order valence-corrected chi connectivity index (χ0v) is 9.36. The summed E-state index contributed by atoms with van der Waals surface area (Å²) in [6.07, 6.45) is 3.94. The van der Waals surface area contributed by atoms with Crippen molar-refractivity contribution in [1.82, 2.24) is 0 Å². The van der Waals surface area contributed by atoms with E-state index in [4.69, 9.17) is 4.74 Å². The van der Waals surface area contributed by atoms with E-state index in [1.165, 1.54) is 5.56 Å². The molecular formula is C13H18O2. The van der Waals surface area contributed by atoms with E-state index in [0.717, 1.165) is 24.8 Å². The Morgan fingerprint density at radius 3 is 2.73 bits per heavy atom. The van der Waals surface area contributed by atoms with Gasteiger partial charge < -0.3 is 9.84 Å². The molecule has 2 heteroatoms. The van der Waals surface area contributed by atoms with Gasteiger partial charge in [0, 0.05) is 0 Å². The van der Waals surface area contributed by atoms with E-state index in [0.29, 0.717) is 18.0 Å². The third-order valence-corrected chi connectivity index (χ3v) is 3.15. The molecule has 0 spiro atoms. The van der Waals surface area contributed by atoms with E-state index < -0.39 is 0 Å². The van der Waals surface area contributed by atoms with Gasteiger partial charge in [0.05, 0.1) is 12.2 Å². The molecule has 1 aliphatic heterocycles. The summed E-state index contributed by atoms with van der Waals surface area (Å²) >= 11 is 0. The normalized spacial score (nSPS) is 24.1. The zero-order chi connectivity index (χ0) is 10.8. The van der Waals surface area contributed by atoms with E-state index >= 15 is 0 Å². The van der Waals surface area contributed by atoms with Crippen LogP contribution in [-0.2, 0) is 11.2 Å². The van der Waals surface area contributed by atoms with Gasteiger partial charge in [-0.25, -0.2) is 0 Å². The van der Waals surface area contributed by atoms with Gasteiger partial charge in [0.15, 0.2) is 0 Å². The first-order valence-corrected chi connectivity index (χ1v) is 5.65. The van der Waals surface area contributed by atoms with Crippen LogP contribution in [0.1, 0.15) is 30.9 Å². The van der Waals surface area contributed by atoms with Gasteiger partial charge in [-0.05, 0) is 43.4 Å². The molecule has 1 aromatic rings. The van der Waals surface area contributed by atoms with Crippen molar-refractivity contribution in [3.05, 3.63) is 29.3 Å². The number of aromatic hydroxyl groups is 1. The second-order valence-electron chi connectivity index (χ2n) is 4.23. The SMILES string of the molecule is CCC1OC1CCc1c(C)cccc1O. The Kier molecular flexibility index (Phi) is 2.96. The molecule has 2 nitrogen and oxygen atoms in total. The zero-order valence-electron chi connectivity index (χ0n) is 9.36. The average molecular weight is 206 g/mol. The lowest BCUT2D eigenvalue weighted by Gasteiger charge is -2.06. The first-order valence-electron chi connectivity index (χ1n) is 5.65. The second kappa shape index (κ2) is 4.23. The number of hydrogen-bond donors (Lipinski definition) is 1. The average Bonchev–Trinajstić information content (AvgIpc) is 2.96. The Bertz CT molecular complexity index is 326. The Balaban J connectivity index is 1.94. The monoisotopic (exact) mass is 206 g/mol. The molecule has 1 aliphatic rings. The predicted molar refractivity (Wildman–Crippen MR) is 60.1 cm³/mol. The van der Waals surface area contributed by atoms with Crippen LogP contribution in [0.5, 0.6) is 5.75 Å². The number of epoxide rings is 1. The fraction of sp³-hybridized carbons (Fsp3) is 0.538. The summed E-state index contributed by atoms with van der Waals surface area (Å²) in [5, 5.41) is 9.71. The molecule has 1 N–H and O–H groups in total. The lowest BCUT2D eigenvalue weighted by atomic mass is 10.0. The number of benzene rings is 1. The minimum Gasteiger partial charge on any atom is -0.508 e. The van der Waals surface area contributed by atoms with Crippen molar-refractivity contribution in [2.75, 3.05) is 0 Å². The van der Waals surface area contributed by atoms with E-state index in [1.807, 2.05) is 19.1 Å². The summed E-state index contributed by atoms with van der Waals surface area (Å²) < 4.78 is 5.49. The Morgan fingerprint density at radius 1 is 1.33 bits per heavy atom. The van der Waals surface area contributed by atoms with Gasteiger partial charge in [-0.3, -0.25) is 0 Å². The molecule has 0 aliphatic carbocycles. The van der Waals surface area contributed by atoms with Gasteiger partial charge in [-0.1, -0.05) is 19.1 Å². The highest BCUT2D eigenvalue weighted by atomic mass is 16.6. The number of hydrogen-bond acceptors (Lipinski definition) is 2. The summed E-state index contributed by atoms with van der Waals surface area (Å²) in [5.41, 5.74) is 2.24. The van der Waals surface area contributed by atoms with Gasteiger partial charge in [0.2, 0.25) is 0 Å². The number of ether oxygens (including phenoxy) is 1. The van der Waals surface area contributed by atoms with Crippen LogP contribution in [0.2, 0.25) is 0 Å². The van der Waals surface area contributed by atoms with Crippen LogP contribution in [0.4, 0.5) is 0 Å². The predicted octanol–water partition coefficient (Wildman–Crippen LogP) is 2.81. The van der Waals surface area contributed by atoms with Crippen LogP contribution in [0.25, 0.3) is 0 Å². The van der Waals surface area contributed by atoms with Crippen LogP contribution >= 0.6 is 0 Å². The summed E-state index contributed by atoms with van der Waals surface area (Å²) in [7, 11) is 0. The van der Waals surface area contributed by atoms with E-state index in [1.54, 1.807) is 6.07 Å². The molecule has 1 aromatic carbocycles. The molecule has 0 saturated carbocycles. The smallest absolute Gasteiger partial charge is 0.119 e. The standard InChI is InChI=1S/C13H18O2/c1-3-12-13(15-12)8-7-10-9(2)5-4-6-11(10)14/h4-6,12-14H,3,7-8H2,1-2H3. The van der Waals surface area contributed by atoms with Crippen molar-refractivity contribution in [3.63, 3.8) is 0 Å². The third kappa shape index (κ3) is 2.32. The maximum Gasteiger partial charge on any atom is 0.119 e. The van der Waals surface area contributed by atoms with Gasteiger partial charge in [-0.2, -0.15) is 0 Å². The summed E-state index contributed by atoms with van der Waals surface area (Å²) in [4.78, 5) is 0. The molecule has 15 heavy (non-hydrogen) atoms. The first-order chi connectivity index (χ1) is 7.22. The van der Waals surface area contributed by atoms with Gasteiger partial charge in [-0.15, -0.1) is 0 Å². The molecule has 2 rings (SSSR count). The van der Waals surface area contributed by atoms with Gasteiger partial charge in [0.1, 0.15) is 5.75 Å². The fourth-order valence-electron chi connectivity index (χ4n) is 2.09. The minimum atomic E-state index is 0.420. The molecule has 0 bridgehead atoms. The van der Waals surface area contributed by atoms with E-state index in [9.17, 15) is 5.11 Å². The van der Waals surface area contributed by atoms with Gasteiger partial charge >= 0.3 is 0 Å². The topological polar surface area (TPSA) is 32.8 Å². The molecule has 0 radical (unpaired) electrons. The number of aryl methyl sites for hydroxylation is 1. The fourth-order valence-corrected chi connectivity index (χ4v) is 2.09. The number of rotatable bonds is 4. The van der Waals surface area contributed by atoms with Crippen LogP contribution in [-0.4, -0.2) is 17.3 Å². The molecule has 1 saturated heterocycles. The van der Waals surface area contributed by atoms with Crippen LogP contribution in [0.3, 0.4) is 0 Å². The van der Waals surface area contributed by atoms with Crippen LogP contribution < -0.4 is 0 Å². The quantitative estimate of drug-likeness (QED) is 0.768. The van der Waals surface area contributed by atoms with E-state index in [-0.39, 0.29) is 0 Å². The van der Waals surface area contributed by atoms with Gasteiger partial charge in [0.25, 0.3) is 0 Å². The van der Waals surface area contributed by atoms with Crippen molar-refractivity contribution < 1.29 is 9.84 Å².